The summed E-state index contributed by atoms with van der Waals surface area (Å²) in [5.41, 5.74) is 3.86. The van der Waals surface area contributed by atoms with Gasteiger partial charge in [-0.1, -0.05) is 23.4 Å². The molecule has 0 radical (unpaired) electrons. The highest BCUT2D eigenvalue weighted by Crippen LogP contribution is 2.36. The molecule has 1 N–H and O–H groups in total. The van der Waals surface area contributed by atoms with Crippen LogP contribution in [0.15, 0.2) is 28.8 Å². The number of rotatable bonds is 3. The molecule has 1 aliphatic rings. The molecule has 0 amide bonds. The molecular weight excluding hydrogens is 268 g/mol. The number of benzene rings is 1. The van der Waals surface area contributed by atoms with Gasteiger partial charge >= 0.3 is 5.97 Å². The summed E-state index contributed by atoms with van der Waals surface area (Å²) in [6, 6.07) is 7.74. The van der Waals surface area contributed by atoms with Gasteiger partial charge in [-0.3, -0.25) is 4.79 Å². The molecule has 2 heterocycles. The average Bonchev–Trinajstić information content (AvgIpc) is 2.79. The number of aliphatic carboxylic acids is 1. The number of anilines is 1. The van der Waals surface area contributed by atoms with Gasteiger partial charge in [0.25, 0.3) is 0 Å². The predicted molar refractivity (Wildman–Crippen MR) is 78.5 cm³/mol. The van der Waals surface area contributed by atoms with Crippen LogP contribution in [0.2, 0.25) is 0 Å². The Hall–Kier alpha value is -2.30. The van der Waals surface area contributed by atoms with Crippen molar-refractivity contribution in [2.24, 2.45) is 0 Å². The maximum Gasteiger partial charge on any atom is 0.311 e. The molecule has 1 aromatic heterocycles. The molecule has 110 valence electrons. The van der Waals surface area contributed by atoms with Gasteiger partial charge in [0.2, 0.25) is 0 Å². The van der Waals surface area contributed by atoms with Crippen molar-refractivity contribution in [2.45, 2.75) is 32.7 Å². The summed E-state index contributed by atoms with van der Waals surface area (Å²) >= 11 is 0. The first-order chi connectivity index (χ1) is 10.1. The van der Waals surface area contributed by atoms with Gasteiger partial charge in [-0.05, 0) is 31.9 Å². The van der Waals surface area contributed by atoms with Crippen LogP contribution in [0.1, 0.15) is 34.9 Å². The van der Waals surface area contributed by atoms with Crippen molar-refractivity contribution < 1.29 is 14.4 Å². The Morgan fingerprint density at radius 3 is 2.86 bits per heavy atom. The van der Waals surface area contributed by atoms with Gasteiger partial charge in [-0.15, -0.1) is 0 Å². The van der Waals surface area contributed by atoms with Gasteiger partial charge in [-0.2, -0.15) is 0 Å². The van der Waals surface area contributed by atoms with E-state index in [1.54, 1.807) is 0 Å². The first-order valence-corrected chi connectivity index (χ1v) is 7.06. The van der Waals surface area contributed by atoms with Gasteiger partial charge < -0.3 is 14.5 Å². The number of carboxylic acid groups (broad SMARTS) is 1. The van der Waals surface area contributed by atoms with Crippen LogP contribution < -0.4 is 4.90 Å². The van der Waals surface area contributed by atoms with Crippen LogP contribution in [0.3, 0.4) is 0 Å². The van der Waals surface area contributed by atoms with E-state index in [0.717, 1.165) is 34.8 Å². The number of carboxylic acids is 1. The number of aryl methyl sites for hydroxylation is 2. The molecule has 1 atom stereocenters. The van der Waals surface area contributed by atoms with Gasteiger partial charge in [0, 0.05) is 24.3 Å². The van der Waals surface area contributed by atoms with Crippen LogP contribution >= 0.6 is 0 Å². The lowest BCUT2D eigenvalue weighted by atomic mass is 9.89. The fraction of sp³-hybridized carbons (Fsp3) is 0.375. The molecular formula is C16H18N2O3. The molecule has 0 saturated heterocycles. The smallest absolute Gasteiger partial charge is 0.311 e. The summed E-state index contributed by atoms with van der Waals surface area (Å²) < 4.78 is 5.21. The van der Waals surface area contributed by atoms with Crippen molar-refractivity contribution in [1.29, 1.82) is 0 Å². The Kier molecular flexibility index (Phi) is 3.41. The second-order valence-corrected chi connectivity index (χ2v) is 5.46. The lowest BCUT2D eigenvalue weighted by Crippen LogP contribution is -2.33. The molecule has 5 heteroatoms. The first-order valence-electron chi connectivity index (χ1n) is 7.06. The van der Waals surface area contributed by atoms with Gasteiger partial charge in [0.05, 0.1) is 11.6 Å². The third-order valence-corrected chi connectivity index (χ3v) is 4.17. The third kappa shape index (κ3) is 2.39. The SMILES string of the molecule is Cc1noc(C)c1CN1CCC(C(=O)O)c2ccccc21. The normalized spacial score (nSPS) is 17.6. The lowest BCUT2D eigenvalue weighted by Gasteiger charge is -2.34. The summed E-state index contributed by atoms with van der Waals surface area (Å²) in [5.74, 6) is -0.341. The average molecular weight is 286 g/mol. The van der Waals surface area contributed by atoms with E-state index in [1.165, 1.54) is 0 Å². The minimum absolute atomic E-state index is 0.415. The van der Waals surface area contributed by atoms with Crippen molar-refractivity contribution >= 4 is 11.7 Å². The van der Waals surface area contributed by atoms with E-state index in [9.17, 15) is 9.90 Å². The molecule has 0 bridgehead atoms. The Labute approximate surface area is 123 Å². The summed E-state index contributed by atoms with van der Waals surface area (Å²) in [7, 11) is 0. The lowest BCUT2D eigenvalue weighted by molar-refractivity contribution is -0.139. The monoisotopic (exact) mass is 286 g/mol. The molecule has 5 nitrogen and oxygen atoms in total. The molecule has 0 fully saturated rings. The van der Waals surface area contributed by atoms with Gasteiger partial charge in [-0.25, -0.2) is 0 Å². The number of aromatic nitrogens is 1. The molecule has 1 aliphatic heterocycles. The van der Waals surface area contributed by atoms with E-state index in [4.69, 9.17) is 4.52 Å². The molecule has 1 aromatic carbocycles. The van der Waals surface area contributed by atoms with Crippen LogP contribution in [0, 0.1) is 13.8 Å². The topological polar surface area (TPSA) is 66.6 Å². The van der Waals surface area contributed by atoms with E-state index < -0.39 is 11.9 Å². The second kappa shape index (κ2) is 5.24. The third-order valence-electron chi connectivity index (χ3n) is 4.17. The van der Waals surface area contributed by atoms with E-state index >= 15 is 0 Å². The summed E-state index contributed by atoms with van der Waals surface area (Å²) in [6.45, 7) is 5.26. The molecule has 0 saturated carbocycles. The standard InChI is InChI=1S/C16H18N2O3/c1-10-14(11(2)21-17-10)9-18-8-7-13(16(19)20)12-5-3-4-6-15(12)18/h3-6,13H,7-9H2,1-2H3,(H,19,20). The molecule has 21 heavy (non-hydrogen) atoms. The summed E-state index contributed by atoms with van der Waals surface area (Å²) in [6.07, 6.45) is 0.621. The first kappa shape index (κ1) is 13.7. The Morgan fingerprint density at radius 1 is 1.43 bits per heavy atom. The fourth-order valence-corrected chi connectivity index (χ4v) is 2.97. The Bertz CT molecular complexity index is 658. The highest BCUT2D eigenvalue weighted by atomic mass is 16.5. The number of carbonyl (C=O) groups is 1. The summed E-state index contributed by atoms with van der Waals surface area (Å²) in [4.78, 5) is 13.6. The predicted octanol–water partition coefficient (Wildman–Crippen LogP) is 2.87. The van der Waals surface area contributed by atoms with Crippen LogP contribution in [0.25, 0.3) is 0 Å². The van der Waals surface area contributed by atoms with E-state index in [-0.39, 0.29) is 0 Å². The largest absolute Gasteiger partial charge is 0.481 e. The number of fused-ring (bicyclic) bond motifs is 1. The molecule has 1 unspecified atom stereocenters. The number of para-hydroxylation sites is 1. The van der Waals surface area contributed by atoms with Gasteiger partial charge in [0.1, 0.15) is 5.76 Å². The molecule has 2 aromatic rings. The van der Waals surface area contributed by atoms with Crippen LogP contribution in [0.4, 0.5) is 5.69 Å². The molecule has 0 spiro atoms. The van der Waals surface area contributed by atoms with E-state index in [2.05, 4.69) is 10.1 Å². The summed E-state index contributed by atoms with van der Waals surface area (Å²) in [5, 5.41) is 13.4. The Morgan fingerprint density at radius 2 is 2.19 bits per heavy atom. The zero-order chi connectivity index (χ0) is 15.0. The maximum absolute atomic E-state index is 11.4. The highest BCUT2D eigenvalue weighted by Gasteiger charge is 2.30. The minimum atomic E-state index is -0.751. The van der Waals surface area contributed by atoms with Crippen LogP contribution in [-0.2, 0) is 11.3 Å². The van der Waals surface area contributed by atoms with E-state index in [0.29, 0.717) is 13.0 Å². The van der Waals surface area contributed by atoms with Gasteiger partial charge in [0.15, 0.2) is 0 Å². The quantitative estimate of drug-likeness (QED) is 0.939. The van der Waals surface area contributed by atoms with Crippen molar-refractivity contribution in [3.8, 4) is 0 Å². The van der Waals surface area contributed by atoms with Crippen molar-refractivity contribution in [3.63, 3.8) is 0 Å². The van der Waals surface area contributed by atoms with Crippen LogP contribution in [-0.4, -0.2) is 22.8 Å². The van der Waals surface area contributed by atoms with Crippen molar-refractivity contribution in [1.82, 2.24) is 5.16 Å². The molecule has 3 rings (SSSR count). The van der Waals surface area contributed by atoms with Crippen LogP contribution in [0.5, 0.6) is 0 Å². The second-order valence-electron chi connectivity index (χ2n) is 5.46. The van der Waals surface area contributed by atoms with E-state index in [1.807, 2.05) is 38.1 Å². The zero-order valence-corrected chi connectivity index (χ0v) is 12.2. The minimum Gasteiger partial charge on any atom is -0.481 e. The maximum atomic E-state index is 11.4. The fourth-order valence-electron chi connectivity index (χ4n) is 2.97. The number of hydrogen-bond donors (Lipinski definition) is 1. The Balaban J connectivity index is 1.95. The molecule has 0 aliphatic carbocycles. The number of hydrogen-bond acceptors (Lipinski definition) is 4. The number of nitrogens with zero attached hydrogens (tertiary/aromatic N) is 2. The highest BCUT2D eigenvalue weighted by molar-refractivity contribution is 5.80. The zero-order valence-electron chi connectivity index (χ0n) is 12.2. The van der Waals surface area contributed by atoms with Crippen molar-refractivity contribution in [2.75, 3.05) is 11.4 Å². The van der Waals surface area contributed by atoms with Crippen molar-refractivity contribution in [3.05, 3.63) is 46.8 Å².